The fraction of sp³-hybridized carbons (Fsp3) is 0.400. The Labute approximate surface area is 221 Å². The van der Waals surface area contributed by atoms with Crippen LogP contribution >= 0.6 is 0 Å². The van der Waals surface area contributed by atoms with Crippen molar-refractivity contribution in [1.29, 1.82) is 0 Å². The van der Waals surface area contributed by atoms with Gasteiger partial charge < -0.3 is 5.32 Å². The van der Waals surface area contributed by atoms with Gasteiger partial charge in [0.2, 0.25) is 5.91 Å². The average Bonchev–Trinajstić information content (AvgIpc) is 2.93. The Balaban J connectivity index is 1.12. The standard InChI is InChI=1S/C35H41NO/c1-2-25-36-33(37)22-11-9-7-5-3-4-6-8-10-15-26-23-24-32-30-20-13-17-27-16-12-19-29(34(27)30)31-21-14-18-28(26)35(31)32/h12-14,16-21,23-24H,2-11,15,22,25H2,1H3,(H,36,37). The molecule has 0 fully saturated rings. The Morgan fingerprint density at radius 1 is 0.595 bits per heavy atom. The van der Waals surface area contributed by atoms with Gasteiger partial charge in [-0.15, -0.1) is 0 Å². The lowest BCUT2D eigenvalue weighted by atomic mass is 9.87. The highest BCUT2D eigenvalue weighted by Gasteiger charge is 2.14. The van der Waals surface area contributed by atoms with E-state index < -0.39 is 0 Å². The number of carbonyl (C=O) groups is 1. The summed E-state index contributed by atoms with van der Waals surface area (Å²) in [4.78, 5) is 11.6. The number of hydrogen-bond donors (Lipinski definition) is 1. The van der Waals surface area contributed by atoms with Crippen LogP contribution in [0.4, 0.5) is 0 Å². The van der Waals surface area contributed by atoms with E-state index in [1.807, 2.05) is 0 Å². The normalized spacial score (nSPS) is 11.8. The molecule has 0 aliphatic carbocycles. The Morgan fingerprint density at radius 3 is 1.81 bits per heavy atom. The third-order valence-corrected chi connectivity index (χ3v) is 8.04. The maximum absolute atomic E-state index is 11.6. The molecule has 5 aromatic carbocycles. The molecule has 2 nitrogen and oxygen atoms in total. The van der Waals surface area contributed by atoms with Crippen molar-refractivity contribution in [2.24, 2.45) is 0 Å². The van der Waals surface area contributed by atoms with E-state index in [1.165, 1.54) is 100 Å². The molecular weight excluding hydrogens is 450 g/mol. The molecule has 0 aliphatic heterocycles. The van der Waals surface area contributed by atoms with Crippen molar-refractivity contribution in [1.82, 2.24) is 5.32 Å². The molecule has 192 valence electrons. The quantitative estimate of drug-likeness (QED) is 0.0935. The van der Waals surface area contributed by atoms with Gasteiger partial charge in [-0.2, -0.15) is 0 Å². The van der Waals surface area contributed by atoms with E-state index in [-0.39, 0.29) is 5.91 Å². The number of unbranched alkanes of at least 4 members (excludes halogenated alkanes) is 8. The minimum atomic E-state index is 0.222. The van der Waals surface area contributed by atoms with Gasteiger partial charge in [-0.25, -0.2) is 0 Å². The number of nitrogens with one attached hydrogen (secondary N) is 1. The van der Waals surface area contributed by atoms with Gasteiger partial charge in [0, 0.05) is 13.0 Å². The number of fused-ring (bicyclic) bond motifs is 2. The second-order valence-electron chi connectivity index (χ2n) is 10.7. The molecule has 0 spiro atoms. The zero-order chi connectivity index (χ0) is 25.5. The lowest BCUT2D eigenvalue weighted by Gasteiger charge is -2.16. The lowest BCUT2D eigenvalue weighted by Crippen LogP contribution is -2.23. The predicted octanol–water partition coefficient (Wildman–Crippen LogP) is 9.71. The molecule has 37 heavy (non-hydrogen) atoms. The lowest BCUT2D eigenvalue weighted by molar-refractivity contribution is -0.121. The molecule has 5 aromatic rings. The second-order valence-corrected chi connectivity index (χ2v) is 10.7. The molecule has 0 saturated heterocycles. The number of carbonyl (C=O) groups excluding carboxylic acids is 1. The molecule has 0 aliphatic rings. The summed E-state index contributed by atoms with van der Waals surface area (Å²) >= 11 is 0. The van der Waals surface area contributed by atoms with Crippen molar-refractivity contribution in [2.75, 3.05) is 6.54 Å². The highest BCUT2D eigenvalue weighted by molar-refractivity contribution is 6.33. The zero-order valence-electron chi connectivity index (χ0n) is 22.5. The molecule has 0 atom stereocenters. The van der Waals surface area contributed by atoms with E-state index in [9.17, 15) is 4.79 Å². The zero-order valence-corrected chi connectivity index (χ0v) is 22.5. The summed E-state index contributed by atoms with van der Waals surface area (Å²) in [7, 11) is 0. The minimum absolute atomic E-state index is 0.222. The van der Waals surface area contributed by atoms with Gasteiger partial charge in [0.15, 0.2) is 0 Å². The Morgan fingerprint density at radius 2 is 1.14 bits per heavy atom. The maximum atomic E-state index is 11.6. The monoisotopic (exact) mass is 491 g/mol. The molecule has 2 heteroatoms. The van der Waals surface area contributed by atoms with E-state index in [0.717, 1.165) is 25.8 Å². The van der Waals surface area contributed by atoms with Crippen LogP contribution < -0.4 is 5.32 Å². The van der Waals surface area contributed by atoms with Crippen molar-refractivity contribution < 1.29 is 4.79 Å². The predicted molar refractivity (Wildman–Crippen MR) is 161 cm³/mol. The third-order valence-electron chi connectivity index (χ3n) is 8.04. The van der Waals surface area contributed by atoms with Crippen molar-refractivity contribution in [3.05, 3.63) is 72.3 Å². The molecule has 0 unspecified atom stereocenters. The Kier molecular flexibility index (Phi) is 8.56. The summed E-state index contributed by atoms with van der Waals surface area (Å²) in [6.07, 6.45) is 14.2. The third kappa shape index (κ3) is 5.74. The summed E-state index contributed by atoms with van der Waals surface area (Å²) < 4.78 is 0. The number of benzene rings is 5. The van der Waals surface area contributed by atoms with Crippen molar-refractivity contribution in [3.8, 4) is 0 Å². The van der Waals surface area contributed by atoms with Crippen LogP contribution in [0.15, 0.2) is 66.7 Å². The summed E-state index contributed by atoms with van der Waals surface area (Å²) in [5, 5.41) is 14.1. The molecule has 5 rings (SSSR count). The highest BCUT2D eigenvalue weighted by Crippen LogP contribution is 2.41. The van der Waals surface area contributed by atoms with Crippen molar-refractivity contribution >= 4 is 49.0 Å². The van der Waals surface area contributed by atoms with Gasteiger partial charge in [0.1, 0.15) is 0 Å². The largest absolute Gasteiger partial charge is 0.356 e. The molecule has 0 saturated carbocycles. The van der Waals surface area contributed by atoms with Crippen LogP contribution in [0.1, 0.15) is 83.1 Å². The number of rotatable bonds is 14. The SMILES string of the molecule is CCCNC(=O)CCCCCCCCCCCc1ccc2c3cccc4cccc(c5cccc1c52)c43. The van der Waals surface area contributed by atoms with E-state index in [0.29, 0.717) is 6.42 Å². The highest BCUT2D eigenvalue weighted by atomic mass is 16.1. The van der Waals surface area contributed by atoms with Crippen LogP contribution in [0.5, 0.6) is 0 Å². The fourth-order valence-electron chi connectivity index (χ4n) is 6.12. The first-order valence-corrected chi connectivity index (χ1v) is 14.6. The minimum Gasteiger partial charge on any atom is -0.356 e. The van der Waals surface area contributed by atoms with Gasteiger partial charge in [0.05, 0.1) is 0 Å². The van der Waals surface area contributed by atoms with Crippen molar-refractivity contribution in [2.45, 2.75) is 84.0 Å². The maximum Gasteiger partial charge on any atom is 0.219 e. The summed E-state index contributed by atoms with van der Waals surface area (Å²) in [5.41, 5.74) is 1.50. The summed E-state index contributed by atoms with van der Waals surface area (Å²) in [6.45, 7) is 2.90. The first-order valence-electron chi connectivity index (χ1n) is 14.6. The van der Waals surface area contributed by atoms with E-state index >= 15 is 0 Å². The number of amides is 1. The summed E-state index contributed by atoms with van der Waals surface area (Å²) in [6, 6.07) is 25.1. The van der Waals surface area contributed by atoms with Gasteiger partial charge in [-0.05, 0) is 74.3 Å². The fourth-order valence-corrected chi connectivity index (χ4v) is 6.12. The topological polar surface area (TPSA) is 29.1 Å². The van der Waals surface area contributed by atoms with Crippen LogP contribution in [0.25, 0.3) is 43.1 Å². The Bertz CT molecular complexity index is 1420. The molecule has 1 amide bonds. The van der Waals surface area contributed by atoms with Crippen LogP contribution in [-0.2, 0) is 11.2 Å². The van der Waals surface area contributed by atoms with Gasteiger partial charge in [0.25, 0.3) is 0 Å². The first-order chi connectivity index (χ1) is 18.3. The van der Waals surface area contributed by atoms with Gasteiger partial charge >= 0.3 is 0 Å². The van der Waals surface area contributed by atoms with Gasteiger partial charge in [-0.3, -0.25) is 4.79 Å². The first kappa shape index (κ1) is 25.5. The van der Waals surface area contributed by atoms with Crippen LogP contribution in [0.2, 0.25) is 0 Å². The summed E-state index contributed by atoms with van der Waals surface area (Å²) in [5.74, 6) is 0.222. The van der Waals surface area contributed by atoms with Crippen LogP contribution in [-0.4, -0.2) is 12.5 Å². The molecule has 0 radical (unpaired) electrons. The molecule has 0 heterocycles. The average molecular weight is 492 g/mol. The van der Waals surface area contributed by atoms with E-state index in [2.05, 4.69) is 79.0 Å². The molecule has 1 N–H and O–H groups in total. The van der Waals surface area contributed by atoms with Crippen LogP contribution in [0, 0.1) is 0 Å². The number of hydrogen-bond acceptors (Lipinski definition) is 1. The van der Waals surface area contributed by atoms with Crippen LogP contribution in [0.3, 0.4) is 0 Å². The van der Waals surface area contributed by atoms with Crippen molar-refractivity contribution in [3.63, 3.8) is 0 Å². The smallest absolute Gasteiger partial charge is 0.219 e. The second kappa shape index (κ2) is 12.4. The van der Waals surface area contributed by atoms with E-state index in [4.69, 9.17) is 0 Å². The molecular formula is C35H41NO. The molecule has 0 bridgehead atoms. The number of aryl methyl sites for hydroxylation is 1. The van der Waals surface area contributed by atoms with E-state index in [1.54, 1.807) is 0 Å². The Hall–Kier alpha value is -3.13. The molecule has 0 aromatic heterocycles. The van der Waals surface area contributed by atoms with Gasteiger partial charge in [-0.1, -0.05) is 119 Å².